The van der Waals surface area contributed by atoms with E-state index < -0.39 is 19.5 Å². The fraction of sp³-hybridized carbons (Fsp3) is 0.760. The minimum absolute atomic E-state index is 0.220. The van der Waals surface area contributed by atoms with E-state index in [9.17, 15) is 0 Å². The molecular formula is C25H40O3P2. The van der Waals surface area contributed by atoms with E-state index >= 15 is 0 Å². The van der Waals surface area contributed by atoms with Gasteiger partial charge in [0.2, 0.25) is 0 Å². The second kappa shape index (κ2) is 6.74. The van der Waals surface area contributed by atoms with Gasteiger partial charge in [-0.2, -0.15) is 0 Å². The Morgan fingerprint density at radius 1 is 0.800 bits per heavy atom. The highest BCUT2D eigenvalue weighted by Crippen LogP contribution is 2.76. The fourth-order valence-electron chi connectivity index (χ4n) is 6.61. The summed E-state index contributed by atoms with van der Waals surface area (Å²) >= 11 is 0. The normalized spacial score (nSPS) is 41.0. The van der Waals surface area contributed by atoms with Gasteiger partial charge in [-0.05, 0) is 63.0 Å². The molecule has 4 aliphatic rings. The van der Waals surface area contributed by atoms with Crippen molar-refractivity contribution in [3.63, 3.8) is 0 Å². The van der Waals surface area contributed by atoms with Crippen molar-refractivity contribution in [3.8, 4) is 0 Å². The molecule has 4 bridgehead atoms. The van der Waals surface area contributed by atoms with Crippen LogP contribution in [0.15, 0.2) is 24.3 Å². The molecule has 4 saturated heterocycles. The number of rotatable bonds is 3. The van der Waals surface area contributed by atoms with Crippen molar-refractivity contribution in [2.24, 2.45) is 0 Å². The molecule has 1 aromatic carbocycles. The summed E-state index contributed by atoms with van der Waals surface area (Å²) in [6.07, 6.45) is 2.73. The average Bonchev–Trinajstić information content (AvgIpc) is 2.46. The minimum atomic E-state index is -0.666. The van der Waals surface area contributed by atoms with Gasteiger partial charge in [0.15, 0.2) is 11.6 Å². The summed E-state index contributed by atoms with van der Waals surface area (Å²) in [6, 6.07) is 9.14. The van der Waals surface area contributed by atoms with Crippen LogP contribution in [0.25, 0.3) is 0 Å². The van der Waals surface area contributed by atoms with Crippen LogP contribution in [0.2, 0.25) is 0 Å². The second-order valence-electron chi connectivity index (χ2n) is 12.2. The molecule has 5 rings (SSSR count). The Hall–Kier alpha value is -0.0400. The van der Waals surface area contributed by atoms with Gasteiger partial charge in [0, 0.05) is 12.8 Å². The summed E-state index contributed by atoms with van der Waals surface area (Å²) in [6.45, 7) is 23.3. The zero-order chi connectivity index (χ0) is 22.4. The third-order valence-electron chi connectivity index (χ3n) is 6.73. The highest BCUT2D eigenvalue weighted by molar-refractivity contribution is 7.68. The van der Waals surface area contributed by atoms with E-state index in [2.05, 4.69) is 93.5 Å². The lowest BCUT2D eigenvalue weighted by Crippen LogP contribution is -2.72. The lowest BCUT2D eigenvalue weighted by Gasteiger charge is -2.69. The molecule has 4 unspecified atom stereocenters. The number of ether oxygens (including phenoxy) is 3. The number of hydrogen-bond donors (Lipinski definition) is 0. The molecule has 0 spiro atoms. The molecule has 4 fully saturated rings. The Morgan fingerprint density at radius 2 is 1.27 bits per heavy atom. The zero-order valence-corrected chi connectivity index (χ0v) is 22.3. The van der Waals surface area contributed by atoms with Crippen molar-refractivity contribution in [1.29, 1.82) is 0 Å². The first-order chi connectivity index (χ1) is 13.5. The molecule has 0 radical (unpaired) electrons. The van der Waals surface area contributed by atoms with E-state index in [-0.39, 0.29) is 18.6 Å². The minimum Gasteiger partial charge on any atom is -0.339 e. The van der Waals surface area contributed by atoms with E-state index in [1.54, 1.807) is 0 Å². The van der Waals surface area contributed by atoms with Crippen molar-refractivity contribution < 1.29 is 14.2 Å². The van der Waals surface area contributed by atoms with Gasteiger partial charge >= 0.3 is 0 Å². The molecule has 168 valence electrons. The summed E-state index contributed by atoms with van der Waals surface area (Å²) < 4.78 is 19.7. The van der Waals surface area contributed by atoms with Crippen LogP contribution in [0.5, 0.6) is 0 Å². The predicted octanol–water partition coefficient (Wildman–Crippen LogP) is 7.11. The quantitative estimate of drug-likeness (QED) is 0.459. The smallest absolute Gasteiger partial charge is 0.173 e. The van der Waals surface area contributed by atoms with Gasteiger partial charge < -0.3 is 14.2 Å². The van der Waals surface area contributed by atoms with Crippen molar-refractivity contribution in [3.05, 3.63) is 29.8 Å². The summed E-state index contributed by atoms with van der Waals surface area (Å²) in [5, 5.41) is 1.61. The number of benzene rings is 1. The van der Waals surface area contributed by atoms with E-state index in [4.69, 9.17) is 14.2 Å². The van der Waals surface area contributed by atoms with Gasteiger partial charge in [-0.1, -0.05) is 73.7 Å². The first kappa shape index (κ1) is 23.1. The lowest BCUT2D eigenvalue weighted by molar-refractivity contribution is -0.467. The van der Waals surface area contributed by atoms with E-state index in [1.807, 2.05) is 0 Å². The van der Waals surface area contributed by atoms with E-state index in [0.717, 1.165) is 19.0 Å². The maximum absolute atomic E-state index is 6.72. The highest BCUT2D eigenvalue weighted by atomic mass is 31.1. The molecule has 0 amide bonds. The Morgan fingerprint density at radius 3 is 1.73 bits per heavy atom. The monoisotopic (exact) mass is 450 g/mol. The van der Waals surface area contributed by atoms with Gasteiger partial charge in [0.1, 0.15) is 0 Å². The van der Waals surface area contributed by atoms with Crippen molar-refractivity contribution in [2.75, 3.05) is 0 Å². The molecule has 3 nitrogen and oxygen atoms in total. The molecule has 4 atom stereocenters. The molecule has 0 N–H and O–H groups in total. The average molecular weight is 451 g/mol. The molecule has 0 saturated carbocycles. The first-order valence-corrected chi connectivity index (χ1v) is 14.1. The Bertz CT molecular complexity index is 780. The van der Waals surface area contributed by atoms with Gasteiger partial charge in [-0.3, -0.25) is 0 Å². The summed E-state index contributed by atoms with van der Waals surface area (Å²) in [5.41, 5.74) is 1.50. The van der Waals surface area contributed by atoms with Crippen LogP contribution in [0.1, 0.15) is 87.6 Å². The summed E-state index contributed by atoms with van der Waals surface area (Å²) in [5.74, 6) is -1.10. The number of hydrogen-bond acceptors (Lipinski definition) is 3. The van der Waals surface area contributed by atoms with Crippen molar-refractivity contribution in [2.45, 2.75) is 121 Å². The van der Waals surface area contributed by atoms with E-state index in [0.29, 0.717) is 10.3 Å². The van der Waals surface area contributed by atoms with Crippen molar-refractivity contribution >= 4 is 21.1 Å². The van der Waals surface area contributed by atoms with Crippen LogP contribution < -0.4 is 5.30 Å². The van der Waals surface area contributed by atoms with E-state index in [1.165, 1.54) is 10.9 Å². The third-order valence-corrected chi connectivity index (χ3v) is 13.9. The predicted molar refractivity (Wildman–Crippen MR) is 129 cm³/mol. The Labute approximate surface area is 186 Å². The first-order valence-electron chi connectivity index (χ1n) is 11.3. The Balaban J connectivity index is 1.78. The largest absolute Gasteiger partial charge is 0.339 e. The summed E-state index contributed by atoms with van der Waals surface area (Å²) in [4.78, 5) is 0. The molecule has 4 heterocycles. The van der Waals surface area contributed by atoms with Crippen LogP contribution in [0.4, 0.5) is 0 Å². The third kappa shape index (κ3) is 3.82. The zero-order valence-electron chi connectivity index (χ0n) is 20.5. The lowest BCUT2D eigenvalue weighted by atomic mass is 9.98. The molecule has 0 aliphatic carbocycles. The van der Waals surface area contributed by atoms with Gasteiger partial charge in [-0.15, -0.1) is 0 Å². The van der Waals surface area contributed by atoms with Crippen molar-refractivity contribution in [1.82, 2.24) is 0 Å². The molecule has 5 heteroatoms. The van der Waals surface area contributed by atoms with Crippen LogP contribution >= 0.6 is 15.8 Å². The van der Waals surface area contributed by atoms with Crippen LogP contribution in [0.3, 0.4) is 0 Å². The fourth-order valence-corrected chi connectivity index (χ4v) is 14.5. The van der Waals surface area contributed by atoms with Gasteiger partial charge in [0.05, 0.1) is 10.7 Å². The van der Waals surface area contributed by atoms with Crippen LogP contribution in [-0.4, -0.2) is 32.6 Å². The maximum atomic E-state index is 6.72. The van der Waals surface area contributed by atoms with Gasteiger partial charge in [0.25, 0.3) is 0 Å². The van der Waals surface area contributed by atoms with Crippen LogP contribution in [-0.2, 0) is 20.4 Å². The SMILES string of the molecule is CC12CC3(C)OC(C)(CC(C)(O1)P3c1ccccc1CP(C(C)(C)C)C(C)(C)C)O2. The maximum Gasteiger partial charge on any atom is 0.173 e. The van der Waals surface area contributed by atoms with Gasteiger partial charge in [-0.25, -0.2) is 0 Å². The Kier molecular flexibility index (Phi) is 5.20. The van der Waals surface area contributed by atoms with Crippen LogP contribution in [0, 0.1) is 0 Å². The molecule has 0 aromatic heterocycles. The topological polar surface area (TPSA) is 27.7 Å². The highest BCUT2D eigenvalue weighted by Gasteiger charge is 2.71. The molecule has 4 aliphatic heterocycles. The second-order valence-corrected chi connectivity index (χ2v) is 19.1. The summed E-state index contributed by atoms with van der Waals surface area (Å²) in [7, 11) is -0.886. The standard InChI is InChI=1S/C25H40O3P2/c1-20(2,3)29(21(4,5)6)15-18-13-11-12-14-19(18)30-24(9)16-22(7)26-23(8,28-24)17-25(30,10)27-22/h11-14H,15-17H2,1-10H3. The molecular weight excluding hydrogens is 410 g/mol. The molecule has 30 heavy (non-hydrogen) atoms. The molecule has 1 aromatic rings.